The maximum absolute atomic E-state index is 6.48. The van der Waals surface area contributed by atoms with Gasteiger partial charge in [-0.25, -0.2) is 0 Å². The van der Waals surface area contributed by atoms with Crippen molar-refractivity contribution in [3.05, 3.63) is 95.6 Å². The van der Waals surface area contributed by atoms with E-state index < -0.39 is 5.60 Å². The highest BCUT2D eigenvalue weighted by atomic mass is 35.5. The van der Waals surface area contributed by atoms with Crippen LogP contribution >= 0.6 is 12.4 Å². The molecule has 0 aliphatic carbocycles. The van der Waals surface area contributed by atoms with Gasteiger partial charge in [0.15, 0.2) is 0 Å². The Morgan fingerprint density at radius 1 is 0.818 bits per heavy atom. The van der Waals surface area contributed by atoms with E-state index in [1.165, 1.54) is 48.2 Å². The van der Waals surface area contributed by atoms with Crippen LogP contribution in [-0.4, -0.2) is 36.7 Å². The predicted molar refractivity (Wildman–Crippen MR) is 138 cm³/mol. The van der Waals surface area contributed by atoms with Crippen LogP contribution in [0.15, 0.2) is 78.9 Å². The topological polar surface area (TPSA) is 21.7 Å². The van der Waals surface area contributed by atoms with Crippen LogP contribution in [0.3, 0.4) is 0 Å². The fraction of sp³-hybridized carbons (Fsp3) is 0.310. The summed E-state index contributed by atoms with van der Waals surface area (Å²) in [6.07, 6.45) is 2.63. The summed E-state index contributed by atoms with van der Waals surface area (Å²) in [4.78, 5) is 2.48. The van der Waals surface area contributed by atoms with Crippen LogP contribution < -0.4 is 9.47 Å². The van der Waals surface area contributed by atoms with E-state index in [2.05, 4.69) is 91.5 Å². The van der Waals surface area contributed by atoms with E-state index in [1.54, 1.807) is 0 Å². The minimum Gasteiger partial charge on any atom is -0.492 e. The van der Waals surface area contributed by atoms with E-state index >= 15 is 0 Å². The number of likely N-dealkylation sites (tertiary alicyclic amines) is 1. The molecule has 3 aromatic carbocycles. The third-order valence-corrected chi connectivity index (χ3v) is 6.45. The van der Waals surface area contributed by atoms with Crippen molar-refractivity contribution < 1.29 is 9.47 Å². The molecule has 2 aliphatic heterocycles. The molecule has 0 amide bonds. The largest absolute Gasteiger partial charge is 0.492 e. The van der Waals surface area contributed by atoms with Gasteiger partial charge in [0.25, 0.3) is 0 Å². The number of halogens is 1. The average Bonchev–Trinajstić information content (AvgIpc) is 3.32. The molecule has 0 saturated carbocycles. The molecule has 0 atom stereocenters. The summed E-state index contributed by atoms with van der Waals surface area (Å²) in [5, 5.41) is 0. The number of hydrogen-bond donors (Lipinski definition) is 0. The summed E-state index contributed by atoms with van der Waals surface area (Å²) >= 11 is 0. The molecule has 0 unspecified atom stereocenters. The Balaban J connectivity index is 0.00000259. The van der Waals surface area contributed by atoms with Crippen LogP contribution in [0.4, 0.5) is 0 Å². The number of ether oxygens (including phenoxy) is 2. The smallest absolute Gasteiger partial charge is 0.130 e. The first-order chi connectivity index (χ1) is 15.6. The predicted octanol–water partition coefficient (Wildman–Crippen LogP) is 6.71. The van der Waals surface area contributed by atoms with Crippen LogP contribution in [0.2, 0.25) is 0 Å². The first-order valence-corrected chi connectivity index (χ1v) is 11.7. The molecule has 0 N–H and O–H groups in total. The van der Waals surface area contributed by atoms with Crippen molar-refractivity contribution in [3.63, 3.8) is 0 Å². The number of fused-ring (bicyclic) bond motifs is 1. The third-order valence-electron chi connectivity index (χ3n) is 6.45. The van der Waals surface area contributed by atoms with Crippen molar-refractivity contribution in [2.24, 2.45) is 0 Å². The van der Waals surface area contributed by atoms with Crippen LogP contribution in [0, 0.1) is 0 Å². The van der Waals surface area contributed by atoms with Gasteiger partial charge in [-0.2, -0.15) is 0 Å². The minimum atomic E-state index is -0.448. The van der Waals surface area contributed by atoms with Gasteiger partial charge in [-0.1, -0.05) is 60.7 Å². The molecule has 3 aromatic rings. The first-order valence-electron chi connectivity index (χ1n) is 11.7. The number of para-hydroxylation sites is 1. The highest BCUT2D eigenvalue weighted by Crippen LogP contribution is 2.47. The standard InChI is InChI=1S/C29H31NO2.ClH/c1-29(2)28(23-10-4-3-5-11-23)27(25-12-6-7-13-26(25)32-29)22-14-16-24(17-15-22)31-21-20-30-18-8-9-19-30;/h3-7,10-17H,8-9,18-21H2,1-2H3;1H. The third kappa shape index (κ3) is 4.95. The molecule has 3 nitrogen and oxygen atoms in total. The van der Waals surface area contributed by atoms with Crippen molar-refractivity contribution in [2.75, 3.05) is 26.2 Å². The van der Waals surface area contributed by atoms with Crippen LogP contribution in [0.5, 0.6) is 11.5 Å². The summed E-state index contributed by atoms with van der Waals surface area (Å²) in [6, 6.07) is 27.5. The summed E-state index contributed by atoms with van der Waals surface area (Å²) in [5.74, 6) is 1.85. The molecule has 33 heavy (non-hydrogen) atoms. The van der Waals surface area contributed by atoms with Crippen LogP contribution in [0.25, 0.3) is 11.1 Å². The lowest BCUT2D eigenvalue weighted by Gasteiger charge is -2.37. The molecule has 4 heteroatoms. The maximum atomic E-state index is 6.48. The highest BCUT2D eigenvalue weighted by molar-refractivity contribution is 6.03. The second-order valence-electron chi connectivity index (χ2n) is 9.15. The second kappa shape index (κ2) is 10.0. The fourth-order valence-corrected chi connectivity index (χ4v) is 4.94. The van der Waals surface area contributed by atoms with Crippen molar-refractivity contribution in [3.8, 4) is 11.5 Å². The van der Waals surface area contributed by atoms with Crippen molar-refractivity contribution >= 4 is 23.6 Å². The van der Waals surface area contributed by atoms with Crippen LogP contribution in [0.1, 0.15) is 43.4 Å². The van der Waals surface area contributed by atoms with E-state index in [4.69, 9.17) is 9.47 Å². The normalized spacial score (nSPS) is 17.2. The number of nitrogens with zero attached hydrogens (tertiary/aromatic N) is 1. The Morgan fingerprint density at radius 3 is 2.21 bits per heavy atom. The monoisotopic (exact) mass is 461 g/mol. The fourth-order valence-electron chi connectivity index (χ4n) is 4.94. The molecule has 0 radical (unpaired) electrons. The number of hydrogen-bond acceptors (Lipinski definition) is 3. The Kier molecular flexibility index (Phi) is 7.11. The van der Waals surface area contributed by atoms with Gasteiger partial charge in [0.2, 0.25) is 0 Å². The van der Waals surface area contributed by atoms with E-state index in [0.29, 0.717) is 0 Å². The molecular weight excluding hydrogens is 430 g/mol. The Morgan fingerprint density at radius 2 is 1.48 bits per heavy atom. The Labute approximate surface area is 203 Å². The summed E-state index contributed by atoms with van der Waals surface area (Å²) in [7, 11) is 0. The van der Waals surface area contributed by atoms with Gasteiger partial charge >= 0.3 is 0 Å². The molecule has 1 fully saturated rings. The van der Waals surface area contributed by atoms with E-state index in [-0.39, 0.29) is 12.4 Å². The Bertz CT molecular complexity index is 1100. The van der Waals surface area contributed by atoms with Crippen molar-refractivity contribution in [2.45, 2.75) is 32.3 Å². The minimum absolute atomic E-state index is 0. The average molecular weight is 462 g/mol. The van der Waals surface area contributed by atoms with Crippen molar-refractivity contribution in [1.29, 1.82) is 0 Å². The lowest BCUT2D eigenvalue weighted by Crippen LogP contribution is -2.34. The second-order valence-corrected chi connectivity index (χ2v) is 9.15. The van der Waals surface area contributed by atoms with Gasteiger partial charge in [0.1, 0.15) is 23.7 Å². The van der Waals surface area contributed by atoms with Gasteiger partial charge in [0, 0.05) is 23.3 Å². The molecule has 172 valence electrons. The van der Waals surface area contributed by atoms with Gasteiger partial charge in [0.05, 0.1) is 0 Å². The molecule has 0 spiro atoms. The van der Waals surface area contributed by atoms with E-state index in [1.807, 2.05) is 6.07 Å². The molecule has 0 bridgehead atoms. The first kappa shape index (κ1) is 23.4. The molecular formula is C29H32ClNO2. The van der Waals surface area contributed by atoms with E-state index in [0.717, 1.165) is 30.2 Å². The number of benzene rings is 3. The zero-order chi connectivity index (χ0) is 22.0. The molecule has 2 aliphatic rings. The lowest BCUT2D eigenvalue weighted by molar-refractivity contribution is 0.169. The molecule has 2 heterocycles. The molecule has 5 rings (SSSR count). The zero-order valence-electron chi connectivity index (χ0n) is 19.4. The molecule has 0 aromatic heterocycles. The quantitative estimate of drug-likeness (QED) is 0.407. The lowest BCUT2D eigenvalue weighted by atomic mass is 9.79. The SMILES string of the molecule is CC1(C)Oc2ccccc2C(c2ccc(OCCN3CCCC3)cc2)=C1c1ccccc1.Cl. The van der Waals surface area contributed by atoms with Gasteiger partial charge < -0.3 is 9.47 Å². The van der Waals surface area contributed by atoms with Gasteiger partial charge in [-0.15, -0.1) is 12.4 Å². The summed E-state index contributed by atoms with van der Waals surface area (Å²) < 4.78 is 12.5. The maximum Gasteiger partial charge on any atom is 0.130 e. The summed E-state index contributed by atoms with van der Waals surface area (Å²) in [5.41, 5.74) is 5.49. The number of rotatable bonds is 6. The van der Waals surface area contributed by atoms with Gasteiger partial charge in [-0.3, -0.25) is 4.90 Å². The van der Waals surface area contributed by atoms with Gasteiger partial charge in [-0.05, 0) is 69.1 Å². The highest BCUT2D eigenvalue weighted by Gasteiger charge is 2.36. The van der Waals surface area contributed by atoms with Crippen molar-refractivity contribution in [1.82, 2.24) is 4.90 Å². The zero-order valence-corrected chi connectivity index (χ0v) is 20.2. The van der Waals surface area contributed by atoms with Crippen LogP contribution in [-0.2, 0) is 0 Å². The summed E-state index contributed by atoms with van der Waals surface area (Å²) in [6.45, 7) is 8.46. The Hall–Kier alpha value is -2.75. The van der Waals surface area contributed by atoms with E-state index in [9.17, 15) is 0 Å². The molecule has 1 saturated heterocycles.